The third-order valence-electron chi connectivity index (χ3n) is 3.70. The van der Waals surface area contributed by atoms with Gasteiger partial charge >= 0.3 is 18.2 Å². The van der Waals surface area contributed by atoms with E-state index < -0.39 is 8.32 Å². The molecule has 1 aromatic carbocycles. The van der Waals surface area contributed by atoms with Gasteiger partial charge in [0.15, 0.2) is 8.32 Å². The van der Waals surface area contributed by atoms with Gasteiger partial charge in [-0.25, -0.2) is 0 Å². The monoisotopic (exact) mass is 370 g/mol. The zero-order valence-electron chi connectivity index (χ0n) is 12.6. The van der Waals surface area contributed by atoms with Crippen LogP contribution in [0.25, 0.3) is 0 Å². The van der Waals surface area contributed by atoms with Crippen LogP contribution in [0.5, 0.6) is 0 Å². The number of benzene rings is 1. The summed E-state index contributed by atoms with van der Waals surface area (Å²) in [5.41, 5.74) is 0. The van der Waals surface area contributed by atoms with E-state index in [4.69, 9.17) is 4.43 Å². The molecule has 0 aromatic heterocycles. The van der Waals surface area contributed by atoms with Crippen molar-refractivity contribution in [3.63, 3.8) is 0 Å². The second-order valence-corrected chi connectivity index (χ2v) is 15.0. The van der Waals surface area contributed by atoms with Crippen LogP contribution in [-0.2, 0) is 4.43 Å². The van der Waals surface area contributed by atoms with Crippen LogP contribution in [0.1, 0.15) is 20.8 Å². The van der Waals surface area contributed by atoms with E-state index in [0.717, 1.165) is 12.4 Å². The highest BCUT2D eigenvalue weighted by molar-refractivity contribution is 9.23. The Hall–Kier alpha value is 0.993. The Kier molecular flexibility index (Phi) is 7.45. The van der Waals surface area contributed by atoms with E-state index in [0.29, 0.717) is 5.04 Å². The van der Waals surface area contributed by atoms with Crippen molar-refractivity contribution in [2.75, 3.05) is 12.4 Å². The van der Waals surface area contributed by atoms with Crippen molar-refractivity contribution in [1.82, 2.24) is 0 Å². The summed E-state index contributed by atoms with van der Waals surface area (Å²) in [5.74, 6) is 1.04. The van der Waals surface area contributed by atoms with Crippen LogP contribution in [0.15, 0.2) is 29.2 Å². The van der Waals surface area contributed by atoms with Gasteiger partial charge in [0.1, 0.15) is 0 Å². The van der Waals surface area contributed by atoms with Crippen molar-refractivity contribution in [3.8, 4) is 0 Å². The quantitative estimate of drug-likeness (QED) is 0.415. The molecular formula is C14H23BrMgOSSi. The molecule has 0 amide bonds. The van der Waals surface area contributed by atoms with Gasteiger partial charge in [0, 0.05) is 17.3 Å². The molecule has 0 aliphatic carbocycles. The smallest absolute Gasteiger partial charge is 0.416 e. The van der Waals surface area contributed by atoms with Crippen LogP contribution in [0.3, 0.4) is 0 Å². The Morgan fingerprint density at radius 3 is 2.26 bits per heavy atom. The molecule has 19 heavy (non-hydrogen) atoms. The third-order valence-corrected chi connectivity index (χ3v) is 11.9. The van der Waals surface area contributed by atoms with Crippen molar-refractivity contribution < 1.29 is 4.43 Å². The van der Waals surface area contributed by atoms with E-state index in [1.807, 2.05) is 11.8 Å². The molecule has 1 rings (SSSR count). The Morgan fingerprint density at radius 2 is 1.79 bits per heavy atom. The molecule has 0 aliphatic rings. The molecule has 0 fully saturated rings. The van der Waals surface area contributed by atoms with Crippen LogP contribution in [0.2, 0.25) is 18.1 Å². The first-order valence-corrected chi connectivity index (χ1v) is 15.2. The fourth-order valence-electron chi connectivity index (χ4n) is 1.35. The number of halogens is 1. The van der Waals surface area contributed by atoms with Gasteiger partial charge in [0.2, 0.25) is 0 Å². The molecule has 0 bridgehead atoms. The van der Waals surface area contributed by atoms with E-state index >= 15 is 0 Å². The van der Waals surface area contributed by atoms with Crippen LogP contribution in [-0.4, -0.2) is 38.9 Å². The van der Waals surface area contributed by atoms with Crippen molar-refractivity contribution in [2.45, 2.75) is 43.8 Å². The van der Waals surface area contributed by atoms with Gasteiger partial charge in [-0.2, -0.15) is 3.69 Å². The molecule has 0 radical (unpaired) electrons. The highest BCUT2D eigenvalue weighted by atomic mass is 79.9. The van der Waals surface area contributed by atoms with Gasteiger partial charge < -0.3 is 4.43 Å². The highest BCUT2D eigenvalue weighted by Gasteiger charge is 2.36. The SMILES string of the molecule is CC(C)(C)[Si](C)(C)OCCSc1cc[c]([Mg][Br])cc1. The molecule has 5 heteroatoms. The predicted molar refractivity (Wildman–Crippen MR) is 94.6 cm³/mol. The summed E-state index contributed by atoms with van der Waals surface area (Å²) >= 11 is 5.29. The summed E-state index contributed by atoms with van der Waals surface area (Å²) in [7, 11) is -1.57. The maximum absolute atomic E-state index is 6.18. The molecule has 0 unspecified atom stereocenters. The van der Waals surface area contributed by atoms with Crippen molar-refractivity contribution in [3.05, 3.63) is 24.3 Å². The first-order valence-electron chi connectivity index (χ1n) is 6.68. The average Bonchev–Trinajstić information content (AvgIpc) is 2.34. The fourth-order valence-corrected chi connectivity index (χ4v) is 4.81. The van der Waals surface area contributed by atoms with E-state index in [1.165, 1.54) is 8.59 Å². The minimum Gasteiger partial charge on any atom is -0.416 e. The normalized spacial score (nSPS) is 12.3. The maximum Gasteiger partial charge on any atom is 0.506 e. The lowest BCUT2D eigenvalue weighted by Crippen LogP contribution is -2.41. The molecule has 1 aromatic rings. The fraction of sp³-hybridized carbons (Fsp3) is 0.571. The van der Waals surface area contributed by atoms with Gasteiger partial charge in [0.25, 0.3) is 0 Å². The molecule has 0 saturated heterocycles. The molecule has 0 spiro atoms. The number of thioether (sulfide) groups is 1. The molecule has 0 aliphatic heterocycles. The predicted octanol–water partition coefficient (Wildman–Crippen LogP) is 4.44. The Balaban J connectivity index is 2.34. The lowest BCUT2D eigenvalue weighted by atomic mass is 10.2. The summed E-state index contributed by atoms with van der Waals surface area (Å²) in [6.45, 7) is 12.3. The van der Waals surface area contributed by atoms with Crippen LogP contribution in [0.4, 0.5) is 0 Å². The molecule has 104 valence electrons. The maximum atomic E-state index is 6.18. The van der Waals surface area contributed by atoms with E-state index in [9.17, 15) is 0 Å². The molecule has 0 N–H and O–H groups in total. The lowest BCUT2D eigenvalue weighted by molar-refractivity contribution is 0.311. The summed E-state index contributed by atoms with van der Waals surface area (Å²) in [6.07, 6.45) is 0. The summed E-state index contributed by atoms with van der Waals surface area (Å²) < 4.78 is 7.64. The Morgan fingerprint density at radius 1 is 1.21 bits per heavy atom. The van der Waals surface area contributed by atoms with E-state index in [1.54, 1.807) is 0 Å². The Bertz CT molecular complexity index is 389. The van der Waals surface area contributed by atoms with Crippen LogP contribution < -0.4 is 3.69 Å². The van der Waals surface area contributed by atoms with Crippen LogP contribution in [0, 0.1) is 0 Å². The van der Waals surface area contributed by atoms with Gasteiger partial charge in [-0.3, -0.25) is 12.9 Å². The summed E-state index contributed by atoms with van der Waals surface area (Å²) in [6, 6.07) is 8.91. The van der Waals surface area contributed by atoms with E-state index in [-0.39, 0.29) is 18.2 Å². The number of hydrogen-bond donors (Lipinski definition) is 0. The zero-order valence-corrected chi connectivity index (χ0v) is 17.4. The van der Waals surface area contributed by atoms with Gasteiger partial charge in [-0.05, 0) is 18.1 Å². The summed E-state index contributed by atoms with van der Waals surface area (Å²) in [5, 5.41) is 0.305. The van der Waals surface area contributed by atoms with Gasteiger partial charge in [-0.15, -0.1) is 11.8 Å². The van der Waals surface area contributed by atoms with Crippen molar-refractivity contribution >= 4 is 54.8 Å². The van der Waals surface area contributed by atoms with Gasteiger partial charge in [0.05, 0.1) is 0 Å². The largest absolute Gasteiger partial charge is 0.506 e. The molecular weight excluding hydrogens is 349 g/mol. The van der Waals surface area contributed by atoms with Crippen LogP contribution >= 0.6 is 24.6 Å². The second kappa shape index (κ2) is 7.85. The highest BCUT2D eigenvalue weighted by Crippen LogP contribution is 2.36. The standard InChI is InChI=1S/C14H23OSSi.BrH.Mg/c1-14(2,3)17(4,5)15-11-12-16-13-9-7-6-8-10-13;;/h7-10H,11-12H2,1-5H3;1H;/q;;+1/p-1. The minimum absolute atomic E-state index is 0.199. The molecule has 1 nitrogen and oxygen atoms in total. The molecule has 0 heterocycles. The summed E-state index contributed by atoms with van der Waals surface area (Å²) in [4.78, 5) is 1.34. The lowest BCUT2D eigenvalue weighted by Gasteiger charge is -2.36. The van der Waals surface area contributed by atoms with Gasteiger partial charge in [-0.1, -0.05) is 45.0 Å². The number of hydrogen-bond acceptors (Lipinski definition) is 2. The Labute approximate surface area is 139 Å². The van der Waals surface area contributed by atoms with E-state index in [2.05, 4.69) is 71.0 Å². The second-order valence-electron chi connectivity index (χ2n) is 6.23. The third kappa shape index (κ3) is 6.10. The molecule has 0 saturated carbocycles. The van der Waals surface area contributed by atoms with Crippen molar-refractivity contribution in [2.24, 2.45) is 0 Å². The topological polar surface area (TPSA) is 9.23 Å². The molecule has 0 atom stereocenters. The minimum atomic E-state index is -1.57. The first-order chi connectivity index (χ1) is 8.76. The zero-order chi connectivity index (χ0) is 14.5. The number of rotatable bonds is 6. The first kappa shape index (κ1) is 18.0. The average molecular weight is 372 g/mol. The van der Waals surface area contributed by atoms with Crippen molar-refractivity contribution in [1.29, 1.82) is 0 Å².